The van der Waals surface area contributed by atoms with Gasteiger partial charge in [0.2, 0.25) is 0 Å². The van der Waals surface area contributed by atoms with Crippen molar-refractivity contribution in [3.8, 4) is 5.75 Å². The van der Waals surface area contributed by atoms with Gasteiger partial charge in [0.05, 0.1) is 17.0 Å². The molecule has 24 heavy (non-hydrogen) atoms. The normalized spacial score (nSPS) is 7.92. The molecule has 132 valence electrons. The molecule has 0 radical (unpaired) electrons. The number of carbonyl (C=O) groups is 3. The van der Waals surface area contributed by atoms with Crippen LogP contribution in [-0.2, 0) is 31.5 Å². The van der Waals surface area contributed by atoms with Crippen molar-refractivity contribution in [3.05, 3.63) is 53.6 Å². The van der Waals surface area contributed by atoms with Crippen molar-refractivity contribution in [3.63, 3.8) is 0 Å². The largest absolute Gasteiger partial charge is 2.00 e. The van der Waals surface area contributed by atoms with E-state index >= 15 is 0 Å². The average molecular weight is 419 g/mol. The number of hydrogen-bond donors (Lipinski definition) is 1. The standard InChI is InChI=1S/C8H6Cl2O3.2C3H4O2.Fe/c9-5-1-2-7(6(10)3-5)13-4-8(11)12;2*1-2-3(4)5;/h1-3H,4H2,(H,11,12);2*2H,1H2,(H,4,5);/q;;;+2/p-2. The van der Waals surface area contributed by atoms with Gasteiger partial charge in [0.15, 0.2) is 6.61 Å². The summed E-state index contributed by atoms with van der Waals surface area (Å²) in [4.78, 5) is 28.4. The van der Waals surface area contributed by atoms with Crippen LogP contribution in [0.15, 0.2) is 43.5 Å². The number of carboxylic acid groups (broad SMARTS) is 3. The summed E-state index contributed by atoms with van der Waals surface area (Å²) >= 11 is 11.3. The molecule has 0 unspecified atom stereocenters. The minimum absolute atomic E-state index is 0. The molecule has 0 aliphatic rings. The maximum absolute atomic E-state index is 10.2. The molecule has 0 aliphatic carbocycles. The predicted octanol–water partition coefficient (Wildman–Crippen LogP) is 0.299. The van der Waals surface area contributed by atoms with E-state index in [0.717, 1.165) is 12.2 Å². The zero-order chi connectivity index (χ0) is 18.4. The summed E-state index contributed by atoms with van der Waals surface area (Å²) in [6.07, 6.45) is 1.44. The fourth-order valence-electron chi connectivity index (χ4n) is 0.732. The van der Waals surface area contributed by atoms with E-state index in [9.17, 15) is 4.79 Å². The first-order valence-electron chi connectivity index (χ1n) is 5.60. The second-order valence-electron chi connectivity index (χ2n) is 3.30. The van der Waals surface area contributed by atoms with Crippen molar-refractivity contribution in [1.82, 2.24) is 0 Å². The van der Waals surface area contributed by atoms with Gasteiger partial charge in [-0.3, -0.25) is 0 Å². The van der Waals surface area contributed by atoms with Crippen LogP contribution in [0.3, 0.4) is 0 Å². The molecule has 0 saturated carbocycles. The Kier molecular flexibility index (Phi) is 17.8. The van der Waals surface area contributed by atoms with Crippen LogP contribution in [0.25, 0.3) is 0 Å². The number of aliphatic carboxylic acids is 3. The zero-order valence-corrected chi connectivity index (χ0v) is 14.6. The van der Waals surface area contributed by atoms with Gasteiger partial charge < -0.3 is 29.6 Å². The SMILES string of the molecule is C=CC(=O)[O-].C=CC(=O)[O-].O=C(O)COc1ccc(Cl)cc1Cl.[Fe+2]. The summed E-state index contributed by atoms with van der Waals surface area (Å²) in [5.41, 5.74) is 0. The summed E-state index contributed by atoms with van der Waals surface area (Å²) in [5, 5.41) is 27.4. The van der Waals surface area contributed by atoms with Crippen molar-refractivity contribution in [2.45, 2.75) is 0 Å². The van der Waals surface area contributed by atoms with E-state index in [0.29, 0.717) is 15.8 Å². The molecule has 0 aromatic heterocycles. The first kappa shape index (κ1) is 26.9. The Balaban J connectivity index is -0.000000337. The molecular weight excluding hydrogens is 407 g/mol. The van der Waals surface area contributed by atoms with Crippen molar-refractivity contribution in [2.75, 3.05) is 6.61 Å². The summed E-state index contributed by atoms with van der Waals surface area (Å²) in [7, 11) is 0. The molecule has 10 heteroatoms. The van der Waals surface area contributed by atoms with Gasteiger partial charge in [0.25, 0.3) is 0 Å². The third-order valence-electron chi connectivity index (χ3n) is 1.58. The number of carbonyl (C=O) groups excluding carboxylic acids is 2. The summed E-state index contributed by atoms with van der Waals surface area (Å²) < 4.78 is 4.86. The maximum atomic E-state index is 10.2. The van der Waals surface area contributed by atoms with E-state index in [1.54, 1.807) is 6.07 Å². The molecule has 0 bridgehead atoms. The predicted molar refractivity (Wildman–Crippen MR) is 80.0 cm³/mol. The number of carboxylic acids is 3. The van der Waals surface area contributed by atoms with Crippen molar-refractivity contribution < 1.29 is 51.5 Å². The van der Waals surface area contributed by atoms with Gasteiger partial charge in [-0.15, -0.1) is 0 Å². The quantitative estimate of drug-likeness (QED) is 0.538. The van der Waals surface area contributed by atoms with Crippen molar-refractivity contribution in [1.29, 1.82) is 0 Å². The van der Waals surface area contributed by atoms with Crippen LogP contribution in [0, 0.1) is 0 Å². The molecule has 1 aromatic carbocycles. The van der Waals surface area contributed by atoms with Crippen LogP contribution in [0.4, 0.5) is 0 Å². The van der Waals surface area contributed by atoms with E-state index in [4.69, 9.17) is 52.8 Å². The zero-order valence-electron chi connectivity index (χ0n) is 12.0. The Hall–Kier alpha value is -1.99. The van der Waals surface area contributed by atoms with Crippen LogP contribution in [-0.4, -0.2) is 29.6 Å². The first-order valence-corrected chi connectivity index (χ1v) is 6.36. The van der Waals surface area contributed by atoms with Crippen molar-refractivity contribution >= 4 is 41.1 Å². The number of rotatable bonds is 5. The fourth-order valence-corrected chi connectivity index (χ4v) is 1.19. The minimum atomic E-state index is -1.23. The fraction of sp³-hybridized carbons (Fsp3) is 0.0714. The number of hydrogen-bond acceptors (Lipinski definition) is 6. The topological polar surface area (TPSA) is 127 Å². The van der Waals surface area contributed by atoms with Crippen molar-refractivity contribution in [2.24, 2.45) is 0 Å². The third kappa shape index (κ3) is 18.1. The maximum Gasteiger partial charge on any atom is 2.00 e. The monoisotopic (exact) mass is 418 g/mol. The molecule has 0 saturated heterocycles. The molecule has 0 atom stereocenters. The van der Waals surface area contributed by atoms with Crippen LogP contribution >= 0.6 is 23.2 Å². The molecule has 0 fully saturated rings. The van der Waals surface area contributed by atoms with Gasteiger partial charge in [0, 0.05) is 5.02 Å². The van der Waals surface area contributed by atoms with Crippen LogP contribution in [0.5, 0.6) is 5.75 Å². The molecule has 1 N–H and O–H groups in total. The smallest absolute Gasteiger partial charge is 0.545 e. The Labute approximate surface area is 158 Å². The first-order chi connectivity index (χ1) is 10.6. The van der Waals surface area contributed by atoms with E-state index in [1.165, 1.54) is 12.1 Å². The van der Waals surface area contributed by atoms with E-state index in [2.05, 4.69) is 13.2 Å². The molecular formula is C14H12Cl2FeO7. The Morgan fingerprint density at radius 3 is 1.83 bits per heavy atom. The molecule has 1 rings (SSSR count). The summed E-state index contributed by atoms with van der Waals surface area (Å²) in [6.45, 7) is 5.38. The minimum Gasteiger partial charge on any atom is -0.545 e. The van der Waals surface area contributed by atoms with Crippen LogP contribution in [0.1, 0.15) is 0 Å². The molecule has 7 nitrogen and oxygen atoms in total. The molecule has 0 heterocycles. The number of benzene rings is 1. The van der Waals surface area contributed by atoms with E-state index < -0.39 is 24.5 Å². The number of halogens is 2. The second-order valence-corrected chi connectivity index (χ2v) is 4.15. The third-order valence-corrected chi connectivity index (χ3v) is 2.11. The Morgan fingerprint density at radius 1 is 1.12 bits per heavy atom. The molecule has 0 spiro atoms. The number of ether oxygens (including phenoxy) is 1. The molecule has 0 aliphatic heterocycles. The van der Waals surface area contributed by atoms with Gasteiger partial charge in [-0.1, -0.05) is 36.4 Å². The summed E-state index contributed by atoms with van der Waals surface area (Å²) in [5.74, 6) is -3.20. The van der Waals surface area contributed by atoms with Gasteiger partial charge in [-0.2, -0.15) is 0 Å². The second kappa shape index (κ2) is 15.9. The van der Waals surface area contributed by atoms with Gasteiger partial charge in [-0.25, -0.2) is 4.79 Å². The summed E-state index contributed by atoms with van der Waals surface area (Å²) in [6, 6.07) is 4.58. The van der Waals surface area contributed by atoms with Gasteiger partial charge >= 0.3 is 23.0 Å². The van der Waals surface area contributed by atoms with Gasteiger partial charge in [0.1, 0.15) is 5.75 Å². The van der Waals surface area contributed by atoms with E-state index in [1.807, 2.05) is 0 Å². The Morgan fingerprint density at radius 2 is 1.54 bits per heavy atom. The molecule has 0 amide bonds. The average Bonchev–Trinajstić information content (AvgIpc) is 2.47. The van der Waals surface area contributed by atoms with Crippen LogP contribution in [0.2, 0.25) is 10.0 Å². The van der Waals surface area contributed by atoms with E-state index in [-0.39, 0.29) is 17.1 Å². The molecule has 1 aromatic rings. The Bertz CT molecular complexity index is 558. The van der Waals surface area contributed by atoms with Gasteiger partial charge in [-0.05, 0) is 30.4 Å². The van der Waals surface area contributed by atoms with Crippen LogP contribution < -0.4 is 14.9 Å².